The predicted molar refractivity (Wildman–Crippen MR) is 61.0 cm³/mol. The van der Waals surface area contributed by atoms with Crippen molar-refractivity contribution in [2.75, 3.05) is 13.1 Å². The number of amides is 1. The first-order chi connectivity index (χ1) is 7.68. The maximum atomic E-state index is 10.8. The molecule has 16 heavy (non-hydrogen) atoms. The normalized spacial score (nSPS) is 20.4. The average molecular weight is 218 g/mol. The van der Waals surface area contributed by atoms with E-state index in [1.807, 2.05) is 31.3 Å². The Morgan fingerprint density at radius 2 is 2.44 bits per heavy atom. The maximum Gasteiger partial charge on any atom is 0.407 e. The molecule has 4 nitrogen and oxygen atoms in total. The van der Waals surface area contributed by atoms with Gasteiger partial charge in [0, 0.05) is 25.5 Å². The molecule has 2 rings (SSSR count). The van der Waals surface area contributed by atoms with Gasteiger partial charge in [0.2, 0.25) is 0 Å². The molecule has 1 atom stereocenters. The lowest BCUT2D eigenvalue weighted by molar-refractivity contribution is 0.145. The van der Waals surface area contributed by atoms with E-state index >= 15 is 0 Å². The molecule has 1 N–H and O–H groups in total. The fraction of sp³-hybridized carbons (Fsp3) is 0.333. The third-order valence-corrected chi connectivity index (χ3v) is 2.82. The molecule has 2 heterocycles. The van der Waals surface area contributed by atoms with E-state index in [4.69, 9.17) is 5.11 Å². The molecule has 1 unspecified atom stereocenters. The van der Waals surface area contributed by atoms with E-state index in [0.29, 0.717) is 13.1 Å². The van der Waals surface area contributed by atoms with Gasteiger partial charge < -0.3 is 10.0 Å². The number of aromatic nitrogens is 1. The summed E-state index contributed by atoms with van der Waals surface area (Å²) in [7, 11) is 0. The SMILES string of the molecule is CC1CN(C(=O)O)CC=C1c1cccnc1. The molecule has 4 heteroatoms. The van der Waals surface area contributed by atoms with Crippen molar-refractivity contribution >= 4 is 11.7 Å². The van der Waals surface area contributed by atoms with E-state index < -0.39 is 6.09 Å². The quantitative estimate of drug-likeness (QED) is 0.785. The van der Waals surface area contributed by atoms with Crippen molar-refractivity contribution in [1.82, 2.24) is 9.88 Å². The molecule has 84 valence electrons. The topological polar surface area (TPSA) is 53.4 Å². The van der Waals surface area contributed by atoms with Crippen LogP contribution in [0, 0.1) is 5.92 Å². The molecule has 0 bridgehead atoms. The zero-order chi connectivity index (χ0) is 11.5. The van der Waals surface area contributed by atoms with Crippen molar-refractivity contribution in [2.45, 2.75) is 6.92 Å². The minimum absolute atomic E-state index is 0.217. The number of hydrogen-bond donors (Lipinski definition) is 1. The average Bonchev–Trinajstić information content (AvgIpc) is 2.30. The fourth-order valence-electron chi connectivity index (χ4n) is 2.01. The van der Waals surface area contributed by atoms with Crippen molar-refractivity contribution < 1.29 is 9.90 Å². The van der Waals surface area contributed by atoms with Crippen LogP contribution in [0.4, 0.5) is 4.79 Å². The summed E-state index contributed by atoms with van der Waals surface area (Å²) in [6.07, 6.45) is 4.67. The first-order valence-corrected chi connectivity index (χ1v) is 5.27. The van der Waals surface area contributed by atoms with Crippen LogP contribution in [0.25, 0.3) is 5.57 Å². The third-order valence-electron chi connectivity index (χ3n) is 2.82. The lowest BCUT2D eigenvalue weighted by Crippen LogP contribution is -2.37. The zero-order valence-electron chi connectivity index (χ0n) is 9.13. The molecule has 0 fully saturated rings. The second-order valence-electron chi connectivity index (χ2n) is 3.99. The summed E-state index contributed by atoms with van der Waals surface area (Å²) >= 11 is 0. The summed E-state index contributed by atoms with van der Waals surface area (Å²) < 4.78 is 0. The number of pyridine rings is 1. The Morgan fingerprint density at radius 1 is 1.62 bits per heavy atom. The van der Waals surface area contributed by atoms with Gasteiger partial charge in [0.25, 0.3) is 0 Å². The van der Waals surface area contributed by atoms with Gasteiger partial charge in [-0.05, 0) is 23.1 Å². The highest BCUT2D eigenvalue weighted by Gasteiger charge is 2.22. The molecule has 0 radical (unpaired) electrons. The first kappa shape index (κ1) is 10.7. The molecule has 1 aromatic rings. The van der Waals surface area contributed by atoms with Crippen LogP contribution in [0.2, 0.25) is 0 Å². The molecule has 0 saturated carbocycles. The van der Waals surface area contributed by atoms with Gasteiger partial charge >= 0.3 is 6.09 Å². The van der Waals surface area contributed by atoms with Crippen LogP contribution in [-0.2, 0) is 0 Å². The second-order valence-corrected chi connectivity index (χ2v) is 3.99. The summed E-state index contributed by atoms with van der Waals surface area (Å²) in [5, 5.41) is 8.90. The van der Waals surface area contributed by atoms with Gasteiger partial charge in [-0.3, -0.25) is 4.98 Å². The molecule has 1 aromatic heterocycles. The molecule has 0 aromatic carbocycles. The van der Waals surface area contributed by atoms with Crippen LogP contribution < -0.4 is 0 Å². The Morgan fingerprint density at radius 3 is 3.00 bits per heavy atom. The van der Waals surface area contributed by atoms with Gasteiger partial charge in [-0.25, -0.2) is 4.79 Å². The van der Waals surface area contributed by atoms with E-state index in [9.17, 15) is 4.79 Å². The van der Waals surface area contributed by atoms with Gasteiger partial charge in [-0.2, -0.15) is 0 Å². The van der Waals surface area contributed by atoms with E-state index in [2.05, 4.69) is 4.98 Å². The third kappa shape index (κ3) is 2.05. The van der Waals surface area contributed by atoms with Crippen LogP contribution in [0.5, 0.6) is 0 Å². The standard InChI is InChI=1S/C12H14N2O2/c1-9-8-14(12(15)16)6-4-11(9)10-3-2-5-13-7-10/h2-5,7,9H,6,8H2,1H3,(H,15,16). The highest BCUT2D eigenvalue weighted by Crippen LogP contribution is 2.26. The Labute approximate surface area is 94.2 Å². The molecule has 1 amide bonds. The first-order valence-electron chi connectivity index (χ1n) is 5.27. The summed E-state index contributed by atoms with van der Waals surface area (Å²) in [6.45, 7) is 3.05. The van der Waals surface area contributed by atoms with Crippen molar-refractivity contribution in [1.29, 1.82) is 0 Å². The number of carbonyl (C=O) groups is 1. The minimum Gasteiger partial charge on any atom is -0.465 e. The van der Waals surface area contributed by atoms with Crippen LogP contribution >= 0.6 is 0 Å². The highest BCUT2D eigenvalue weighted by atomic mass is 16.4. The number of hydrogen-bond acceptors (Lipinski definition) is 2. The number of nitrogens with zero attached hydrogens (tertiary/aromatic N) is 2. The van der Waals surface area contributed by atoms with E-state index in [-0.39, 0.29) is 5.92 Å². The summed E-state index contributed by atoms with van der Waals surface area (Å²) in [5.41, 5.74) is 2.27. The smallest absolute Gasteiger partial charge is 0.407 e. The molecular formula is C12H14N2O2. The second kappa shape index (κ2) is 4.35. The molecule has 1 aliphatic rings. The van der Waals surface area contributed by atoms with Gasteiger partial charge in [-0.15, -0.1) is 0 Å². The van der Waals surface area contributed by atoms with E-state index in [0.717, 1.165) is 5.56 Å². The Bertz CT molecular complexity index is 414. The Hall–Kier alpha value is -1.84. The van der Waals surface area contributed by atoms with Crippen LogP contribution in [-0.4, -0.2) is 34.2 Å². The van der Waals surface area contributed by atoms with Crippen molar-refractivity contribution in [2.24, 2.45) is 5.92 Å². The van der Waals surface area contributed by atoms with Crippen molar-refractivity contribution in [3.63, 3.8) is 0 Å². The van der Waals surface area contributed by atoms with Gasteiger partial charge in [0.1, 0.15) is 0 Å². The molecular weight excluding hydrogens is 204 g/mol. The lowest BCUT2D eigenvalue weighted by atomic mass is 9.92. The van der Waals surface area contributed by atoms with Crippen molar-refractivity contribution in [3.8, 4) is 0 Å². The minimum atomic E-state index is -0.853. The fourth-order valence-corrected chi connectivity index (χ4v) is 2.01. The zero-order valence-corrected chi connectivity index (χ0v) is 9.13. The largest absolute Gasteiger partial charge is 0.465 e. The number of carboxylic acid groups (broad SMARTS) is 1. The number of rotatable bonds is 1. The predicted octanol–water partition coefficient (Wildman–Crippen LogP) is 2.09. The molecule has 1 aliphatic heterocycles. The van der Waals surface area contributed by atoms with E-state index in [1.54, 1.807) is 6.20 Å². The maximum absolute atomic E-state index is 10.8. The molecule has 0 aliphatic carbocycles. The monoisotopic (exact) mass is 218 g/mol. The van der Waals surface area contributed by atoms with Crippen molar-refractivity contribution in [3.05, 3.63) is 36.2 Å². The Balaban J connectivity index is 2.22. The summed E-state index contributed by atoms with van der Waals surface area (Å²) in [4.78, 5) is 16.3. The summed E-state index contributed by atoms with van der Waals surface area (Å²) in [5.74, 6) is 0.217. The van der Waals surface area contributed by atoms with Crippen LogP contribution in [0.1, 0.15) is 12.5 Å². The Kier molecular flexibility index (Phi) is 2.90. The van der Waals surface area contributed by atoms with Gasteiger partial charge in [0.15, 0.2) is 0 Å². The van der Waals surface area contributed by atoms with Gasteiger partial charge in [0.05, 0.1) is 0 Å². The highest BCUT2D eigenvalue weighted by molar-refractivity contribution is 5.72. The molecule has 0 spiro atoms. The van der Waals surface area contributed by atoms with Crippen LogP contribution in [0.15, 0.2) is 30.6 Å². The summed E-state index contributed by atoms with van der Waals surface area (Å²) in [6, 6.07) is 3.90. The van der Waals surface area contributed by atoms with Crippen LogP contribution in [0.3, 0.4) is 0 Å². The molecule has 0 saturated heterocycles. The lowest BCUT2D eigenvalue weighted by Gasteiger charge is -2.29. The van der Waals surface area contributed by atoms with Gasteiger partial charge in [-0.1, -0.05) is 19.1 Å². The van der Waals surface area contributed by atoms with E-state index in [1.165, 1.54) is 10.5 Å².